The molecule has 0 aromatic heterocycles. The first-order valence-corrected chi connectivity index (χ1v) is 10.8. The van der Waals surface area contributed by atoms with Crippen LogP contribution in [0.25, 0.3) is 0 Å². The van der Waals surface area contributed by atoms with E-state index in [-0.39, 0.29) is 0 Å². The molecular formula is C22H39NO. The van der Waals surface area contributed by atoms with Crippen molar-refractivity contribution in [1.29, 1.82) is 5.26 Å². The molecule has 0 aromatic carbocycles. The third kappa shape index (κ3) is 6.07. The molecule has 0 bridgehead atoms. The summed E-state index contributed by atoms with van der Waals surface area (Å²) in [5.41, 5.74) is 0. The zero-order valence-corrected chi connectivity index (χ0v) is 15.9. The molecule has 2 heteroatoms. The molecule has 0 amide bonds. The molecule has 2 fully saturated rings. The summed E-state index contributed by atoms with van der Waals surface area (Å²) < 4.78 is 0. The van der Waals surface area contributed by atoms with Gasteiger partial charge in [0, 0.05) is 12.5 Å². The number of rotatable bonds is 9. The molecule has 0 saturated heterocycles. The van der Waals surface area contributed by atoms with E-state index >= 15 is 0 Å². The predicted molar refractivity (Wildman–Crippen MR) is 100 cm³/mol. The monoisotopic (exact) mass is 333 g/mol. The second-order valence-corrected chi connectivity index (χ2v) is 8.55. The summed E-state index contributed by atoms with van der Waals surface area (Å²) in [6.07, 6.45) is 18.3. The largest absolute Gasteiger partial charge is 0.396 e. The summed E-state index contributed by atoms with van der Waals surface area (Å²) in [5, 5.41) is 18.7. The van der Waals surface area contributed by atoms with Gasteiger partial charge in [-0.15, -0.1) is 0 Å². The molecule has 2 aliphatic rings. The van der Waals surface area contributed by atoms with Crippen LogP contribution in [0.5, 0.6) is 0 Å². The predicted octanol–water partition coefficient (Wildman–Crippen LogP) is 6.09. The SMILES string of the molecule is CCCCCCC1CCC(C(CCO)C2CCC(C#N)CC2)CC1. The zero-order valence-electron chi connectivity index (χ0n) is 15.9. The van der Waals surface area contributed by atoms with Crippen LogP contribution in [-0.2, 0) is 0 Å². The van der Waals surface area contributed by atoms with Crippen LogP contribution in [0.4, 0.5) is 0 Å². The van der Waals surface area contributed by atoms with Gasteiger partial charge in [0.15, 0.2) is 0 Å². The molecule has 2 saturated carbocycles. The van der Waals surface area contributed by atoms with E-state index < -0.39 is 0 Å². The van der Waals surface area contributed by atoms with Crippen LogP contribution in [0.3, 0.4) is 0 Å². The quantitative estimate of drug-likeness (QED) is 0.519. The van der Waals surface area contributed by atoms with E-state index in [1.807, 2.05) is 0 Å². The summed E-state index contributed by atoms with van der Waals surface area (Å²) in [6.45, 7) is 2.64. The van der Waals surface area contributed by atoms with Crippen LogP contribution in [0.2, 0.25) is 0 Å². The van der Waals surface area contributed by atoms with Crippen molar-refractivity contribution in [2.75, 3.05) is 6.61 Å². The Balaban J connectivity index is 1.75. The van der Waals surface area contributed by atoms with Gasteiger partial charge in [-0.25, -0.2) is 0 Å². The maximum absolute atomic E-state index is 9.56. The number of aliphatic hydroxyl groups is 1. The van der Waals surface area contributed by atoms with Crippen LogP contribution in [0, 0.1) is 40.9 Å². The second-order valence-electron chi connectivity index (χ2n) is 8.55. The Morgan fingerprint density at radius 2 is 1.54 bits per heavy atom. The molecule has 1 atom stereocenters. The summed E-state index contributed by atoms with van der Waals surface area (Å²) in [5.74, 6) is 3.60. The third-order valence-electron chi connectivity index (χ3n) is 6.99. The van der Waals surface area contributed by atoms with Crippen molar-refractivity contribution in [3.63, 3.8) is 0 Å². The average molecular weight is 334 g/mol. The first-order chi connectivity index (χ1) is 11.8. The molecule has 1 N–H and O–H groups in total. The molecular weight excluding hydrogens is 294 g/mol. The van der Waals surface area contributed by atoms with Gasteiger partial charge < -0.3 is 5.11 Å². The minimum absolute atomic E-state index is 0.301. The topological polar surface area (TPSA) is 44.0 Å². The third-order valence-corrected chi connectivity index (χ3v) is 6.99. The van der Waals surface area contributed by atoms with Gasteiger partial charge in [0.2, 0.25) is 0 Å². The van der Waals surface area contributed by atoms with E-state index in [1.165, 1.54) is 70.6 Å². The summed E-state index contributed by atoms with van der Waals surface area (Å²) in [6, 6.07) is 2.46. The standard InChI is InChI=1S/C22H39NO/c1-2-3-4-5-6-18-7-11-20(12-8-18)22(15-16-24)21-13-9-19(17-23)10-14-21/h18-22,24H,2-16H2,1H3. The molecule has 2 aliphatic carbocycles. The molecule has 1 unspecified atom stereocenters. The lowest BCUT2D eigenvalue weighted by Crippen LogP contribution is -2.31. The summed E-state index contributed by atoms with van der Waals surface area (Å²) in [7, 11) is 0. The van der Waals surface area contributed by atoms with Crippen molar-refractivity contribution in [1.82, 2.24) is 0 Å². The normalized spacial score (nSPS) is 32.2. The van der Waals surface area contributed by atoms with Crippen molar-refractivity contribution in [3.8, 4) is 6.07 Å². The Morgan fingerprint density at radius 1 is 0.917 bits per heavy atom. The van der Waals surface area contributed by atoms with Gasteiger partial charge in [-0.05, 0) is 68.6 Å². The molecule has 0 heterocycles. The average Bonchev–Trinajstić information content (AvgIpc) is 2.64. The van der Waals surface area contributed by atoms with Gasteiger partial charge in [-0.3, -0.25) is 0 Å². The number of hydrogen-bond donors (Lipinski definition) is 1. The molecule has 138 valence electrons. The van der Waals surface area contributed by atoms with Crippen LogP contribution in [0.1, 0.15) is 96.8 Å². The van der Waals surface area contributed by atoms with Crippen LogP contribution in [-0.4, -0.2) is 11.7 Å². The first kappa shape index (κ1) is 19.8. The van der Waals surface area contributed by atoms with Gasteiger partial charge in [-0.1, -0.05) is 51.9 Å². The lowest BCUT2D eigenvalue weighted by atomic mass is 9.65. The Bertz CT molecular complexity index is 359. The van der Waals surface area contributed by atoms with E-state index in [9.17, 15) is 5.11 Å². The van der Waals surface area contributed by atoms with E-state index in [1.54, 1.807) is 0 Å². The van der Waals surface area contributed by atoms with Gasteiger partial charge >= 0.3 is 0 Å². The van der Waals surface area contributed by atoms with E-state index in [0.717, 1.165) is 42.9 Å². The number of hydrogen-bond acceptors (Lipinski definition) is 2. The second kappa shape index (κ2) is 11.1. The molecule has 0 aliphatic heterocycles. The van der Waals surface area contributed by atoms with Gasteiger partial charge in [0.05, 0.1) is 6.07 Å². The number of nitrogens with zero attached hydrogens (tertiary/aromatic N) is 1. The maximum atomic E-state index is 9.56. The highest BCUT2D eigenvalue weighted by atomic mass is 16.3. The smallest absolute Gasteiger partial charge is 0.0655 e. The number of nitriles is 1. The highest BCUT2D eigenvalue weighted by molar-refractivity contribution is 4.90. The van der Waals surface area contributed by atoms with Crippen molar-refractivity contribution >= 4 is 0 Å². The van der Waals surface area contributed by atoms with Crippen molar-refractivity contribution in [3.05, 3.63) is 0 Å². The minimum atomic E-state index is 0.301. The molecule has 2 nitrogen and oxygen atoms in total. The van der Waals surface area contributed by atoms with E-state index in [0.29, 0.717) is 12.5 Å². The lowest BCUT2D eigenvalue weighted by Gasteiger charge is -2.40. The van der Waals surface area contributed by atoms with Gasteiger partial charge in [-0.2, -0.15) is 5.26 Å². The fraction of sp³-hybridized carbons (Fsp3) is 0.955. The Hall–Kier alpha value is -0.550. The Kier molecular flexibility index (Phi) is 9.18. The van der Waals surface area contributed by atoms with Gasteiger partial charge in [0.25, 0.3) is 0 Å². The number of aliphatic hydroxyl groups excluding tert-OH is 1. The van der Waals surface area contributed by atoms with E-state index in [2.05, 4.69) is 13.0 Å². The molecule has 0 aromatic rings. The van der Waals surface area contributed by atoms with Crippen LogP contribution in [0.15, 0.2) is 0 Å². The van der Waals surface area contributed by atoms with Crippen LogP contribution >= 0.6 is 0 Å². The highest BCUT2D eigenvalue weighted by Gasteiger charge is 2.34. The van der Waals surface area contributed by atoms with Gasteiger partial charge in [0.1, 0.15) is 0 Å². The van der Waals surface area contributed by atoms with Crippen molar-refractivity contribution < 1.29 is 5.11 Å². The fourth-order valence-corrected chi connectivity index (χ4v) is 5.45. The van der Waals surface area contributed by atoms with Crippen molar-refractivity contribution in [2.45, 2.75) is 96.8 Å². The zero-order chi connectivity index (χ0) is 17.2. The number of unbranched alkanes of at least 4 members (excludes halogenated alkanes) is 3. The van der Waals surface area contributed by atoms with Crippen LogP contribution < -0.4 is 0 Å². The first-order valence-electron chi connectivity index (χ1n) is 10.8. The maximum Gasteiger partial charge on any atom is 0.0655 e. The fourth-order valence-electron chi connectivity index (χ4n) is 5.45. The van der Waals surface area contributed by atoms with Crippen molar-refractivity contribution in [2.24, 2.45) is 29.6 Å². The Morgan fingerprint density at radius 3 is 2.08 bits per heavy atom. The molecule has 2 rings (SSSR count). The minimum Gasteiger partial charge on any atom is -0.396 e. The summed E-state index contributed by atoms with van der Waals surface area (Å²) in [4.78, 5) is 0. The highest BCUT2D eigenvalue weighted by Crippen LogP contribution is 2.44. The lowest BCUT2D eigenvalue weighted by molar-refractivity contribution is 0.0918. The molecule has 0 radical (unpaired) electrons. The molecule has 0 spiro atoms. The molecule has 24 heavy (non-hydrogen) atoms. The Labute approximate surface area is 150 Å². The summed E-state index contributed by atoms with van der Waals surface area (Å²) >= 11 is 0. The van der Waals surface area contributed by atoms with E-state index in [4.69, 9.17) is 5.26 Å².